The summed E-state index contributed by atoms with van der Waals surface area (Å²) in [5.41, 5.74) is -0.620. The fourth-order valence-electron chi connectivity index (χ4n) is 1.30. The monoisotopic (exact) mass is 322 g/mol. The highest BCUT2D eigenvalue weighted by Gasteiger charge is 2.25. The number of nitro groups is 1. The quantitative estimate of drug-likeness (QED) is 0.411. The first-order chi connectivity index (χ1) is 9.69. The zero-order valence-corrected chi connectivity index (χ0v) is 11.5. The molecule has 1 atom stereocenters. The summed E-state index contributed by atoms with van der Waals surface area (Å²) in [5.74, 6) is -2.29. The van der Waals surface area contributed by atoms with Gasteiger partial charge in [-0.1, -0.05) is 0 Å². The van der Waals surface area contributed by atoms with Crippen molar-refractivity contribution in [2.24, 2.45) is 0 Å². The number of aliphatic hydroxyl groups excluding tert-OH is 1. The number of hydrogen-bond donors (Lipinski definition) is 2. The van der Waals surface area contributed by atoms with Crippen LogP contribution in [-0.2, 0) is 19.6 Å². The third kappa shape index (κ3) is 4.18. The molecule has 0 spiro atoms. The van der Waals surface area contributed by atoms with E-state index in [1.165, 1.54) is 0 Å². The van der Waals surface area contributed by atoms with Crippen LogP contribution in [0, 0.1) is 15.9 Å². The zero-order valence-electron chi connectivity index (χ0n) is 10.6. The number of hydrogen-bond acceptors (Lipinski definition) is 7. The summed E-state index contributed by atoms with van der Waals surface area (Å²) in [6, 6.07) is 1.96. The Morgan fingerprint density at radius 3 is 2.71 bits per heavy atom. The van der Waals surface area contributed by atoms with Crippen LogP contribution in [0.1, 0.15) is 0 Å². The zero-order chi connectivity index (χ0) is 16.2. The molecule has 0 fully saturated rings. The van der Waals surface area contributed by atoms with Gasteiger partial charge >= 0.3 is 5.97 Å². The smallest absolute Gasteiger partial charge is 0.336 e. The number of aliphatic hydroxyl groups is 1. The van der Waals surface area contributed by atoms with E-state index in [9.17, 15) is 32.8 Å². The van der Waals surface area contributed by atoms with Gasteiger partial charge in [0, 0.05) is 18.7 Å². The molecule has 0 amide bonds. The number of sulfonamides is 1. The van der Waals surface area contributed by atoms with Gasteiger partial charge in [-0.2, -0.15) is 0 Å². The van der Waals surface area contributed by atoms with E-state index in [0.29, 0.717) is 12.1 Å². The first-order valence-corrected chi connectivity index (χ1v) is 6.87. The third-order valence-electron chi connectivity index (χ3n) is 2.36. The second kappa shape index (κ2) is 6.56. The summed E-state index contributed by atoms with van der Waals surface area (Å²) in [4.78, 5) is 19.6. The van der Waals surface area contributed by atoms with Crippen LogP contribution in [0.5, 0.6) is 0 Å². The van der Waals surface area contributed by atoms with Gasteiger partial charge in [-0.25, -0.2) is 22.3 Å². The number of nitrogens with one attached hydrogen (secondary N) is 1. The Bertz CT molecular complexity index is 661. The van der Waals surface area contributed by atoms with Crippen LogP contribution in [0.15, 0.2) is 23.1 Å². The van der Waals surface area contributed by atoms with Crippen molar-refractivity contribution in [1.82, 2.24) is 4.72 Å². The summed E-state index contributed by atoms with van der Waals surface area (Å²) in [6.45, 7) is -0.767. The molecular weight excluding hydrogens is 311 g/mol. The van der Waals surface area contributed by atoms with Crippen LogP contribution in [0.3, 0.4) is 0 Å². The minimum Gasteiger partial charge on any atom is -0.467 e. The van der Waals surface area contributed by atoms with E-state index >= 15 is 0 Å². The van der Waals surface area contributed by atoms with Crippen LogP contribution < -0.4 is 4.72 Å². The minimum absolute atomic E-state index is 0.530. The fraction of sp³-hybridized carbons (Fsp3) is 0.300. The lowest BCUT2D eigenvalue weighted by Crippen LogP contribution is -2.37. The first-order valence-electron chi connectivity index (χ1n) is 5.38. The molecule has 0 saturated heterocycles. The van der Waals surface area contributed by atoms with Crippen LogP contribution in [-0.4, -0.2) is 44.2 Å². The lowest BCUT2D eigenvalue weighted by Gasteiger charge is -2.10. The van der Waals surface area contributed by atoms with E-state index in [1.54, 1.807) is 4.72 Å². The Balaban J connectivity index is 3.00. The molecule has 21 heavy (non-hydrogen) atoms. The molecule has 0 aliphatic carbocycles. The fourth-order valence-corrected chi connectivity index (χ4v) is 2.43. The van der Waals surface area contributed by atoms with Crippen LogP contribution in [0.25, 0.3) is 0 Å². The molecule has 0 bridgehead atoms. The average Bonchev–Trinajstić information content (AvgIpc) is 2.43. The number of ether oxygens (including phenoxy) is 1. The number of rotatable bonds is 6. The van der Waals surface area contributed by atoms with Gasteiger partial charge < -0.3 is 9.84 Å². The SMILES string of the molecule is COC(=O)C(O)CNS(=O)(=O)c1cc([N+](=O)[O-])ccc1F. The van der Waals surface area contributed by atoms with E-state index in [-0.39, 0.29) is 0 Å². The number of methoxy groups -OCH3 is 1. The van der Waals surface area contributed by atoms with Gasteiger partial charge in [-0.3, -0.25) is 10.1 Å². The molecule has 1 aromatic carbocycles. The largest absolute Gasteiger partial charge is 0.467 e. The molecule has 9 nitrogen and oxygen atoms in total. The van der Waals surface area contributed by atoms with Crippen molar-refractivity contribution in [3.8, 4) is 0 Å². The molecule has 1 rings (SSSR count). The standard InChI is InChI=1S/C10H11FN2O7S/c1-20-10(15)8(14)5-12-21(18,19)9-4-6(13(16)17)2-3-7(9)11/h2-4,8,12,14H,5H2,1H3. The molecule has 0 aromatic heterocycles. The van der Waals surface area contributed by atoms with Gasteiger partial charge in [-0.05, 0) is 6.07 Å². The summed E-state index contributed by atoms with van der Waals surface area (Å²) < 4.78 is 43.0. The van der Waals surface area contributed by atoms with E-state index in [1.807, 2.05) is 0 Å². The Kier molecular flexibility index (Phi) is 5.29. The Hall–Kier alpha value is -2.11. The second-order valence-electron chi connectivity index (χ2n) is 3.76. The molecule has 0 radical (unpaired) electrons. The van der Waals surface area contributed by atoms with Crippen molar-refractivity contribution < 1.29 is 32.4 Å². The Morgan fingerprint density at radius 2 is 2.19 bits per heavy atom. The highest BCUT2D eigenvalue weighted by atomic mass is 32.2. The molecule has 1 aromatic rings. The summed E-state index contributed by atoms with van der Waals surface area (Å²) in [7, 11) is -3.49. The van der Waals surface area contributed by atoms with Crippen LogP contribution in [0.2, 0.25) is 0 Å². The number of carbonyl (C=O) groups is 1. The average molecular weight is 322 g/mol. The molecule has 2 N–H and O–H groups in total. The summed E-state index contributed by atoms with van der Waals surface area (Å²) in [6.07, 6.45) is -1.79. The van der Waals surface area contributed by atoms with Crippen molar-refractivity contribution in [2.75, 3.05) is 13.7 Å². The normalized spacial score (nSPS) is 12.7. The molecule has 0 aliphatic rings. The van der Waals surface area contributed by atoms with Gasteiger partial charge in [0.25, 0.3) is 5.69 Å². The summed E-state index contributed by atoms with van der Waals surface area (Å²) >= 11 is 0. The predicted molar refractivity (Wildman–Crippen MR) is 66.3 cm³/mol. The van der Waals surface area contributed by atoms with Crippen molar-refractivity contribution >= 4 is 21.7 Å². The lowest BCUT2D eigenvalue weighted by atomic mass is 10.3. The molecule has 0 saturated carbocycles. The van der Waals surface area contributed by atoms with Gasteiger partial charge in [0.2, 0.25) is 10.0 Å². The van der Waals surface area contributed by atoms with Gasteiger partial charge in [0.15, 0.2) is 6.10 Å². The third-order valence-corrected chi connectivity index (χ3v) is 3.79. The van der Waals surface area contributed by atoms with Crippen molar-refractivity contribution in [3.05, 3.63) is 34.1 Å². The lowest BCUT2D eigenvalue weighted by molar-refractivity contribution is -0.385. The Labute approximate surface area is 118 Å². The number of nitrogens with zero attached hydrogens (tertiary/aromatic N) is 1. The molecule has 0 heterocycles. The molecule has 11 heteroatoms. The molecule has 1 unspecified atom stereocenters. The number of non-ortho nitro benzene ring substituents is 1. The van der Waals surface area contributed by atoms with E-state index in [2.05, 4.69) is 4.74 Å². The van der Waals surface area contributed by atoms with Gasteiger partial charge in [-0.15, -0.1) is 0 Å². The first kappa shape index (κ1) is 16.9. The van der Waals surface area contributed by atoms with E-state index in [4.69, 9.17) is 0 Å². The predicted octanol–water partition coefficient (Wildman–Crippen LogP) is -0.454. The maximum absolute atomic E-state index is 13.5. The topological polar surface area (TPSA) is 136 Å². The second-order valence-corrected chi connectivity index (χ2v) is 5.50. The maximum atomic E-state index is 13.5. The van der Waals surface area contributed by atoms with Crippen molar-refractivity contribution in [3.63, 3.8) is 0 Å². The van der Waals surface area contributed by atoms with Gasteiger partial charge in [0.1, 0.15) is 10.7 Å². The summed E-state index contributed by atoms with van der Waals surface area (Å²) in [5, 5.41) is 19.8. The maximum Gasteiger partial charge on any atom is 0.336 e. The number of halogens is 1. The van der Waals surface area contributed by atoms with Crippen molar-refractivity contribution in [1.29, 1.82) is 0 Å². The highest BCUT2D eigenvalue weighted by Crippen LogP contribution is 2.20. The highest BCUT2D eigenvalue weighted by molar-refractivity contribution is 7.89. The van der Waals surface area contributed by atoms with Gasteiger partial charge in [0.05, 0.1) is 12.0 Å². The van der Waals surface area contributed by atoms with Crippen molar-refractivity contribution in [2.45, 2.75) is 11.0 Å². The number of esters is 1. The Morgan fingerprint density at radius 1 is 1.57 bits per heavy atom. The molecular formula is C10H11FN2O7S. The number of nitro benzene ring substituents is 1. The van der Waals surface area contributed by atoms with Crippen LogP contribution in [0.4, 0.5) is 10.1 Å². The minimum atomic E-state index is -4.48. The molecule has 0 aliphatic heterocycles. The van der Waals surface area contributed by atoms with E-state index < -0.39 is 50.0 Å². The number of benzene rings is 1. The van der Waals surface area contributed by atoms with Crippen LogP contribution >= 0.6 is 0 Å². The number of carbonyl (C=O) groups excluding carboxylic acids is 1. The van der Waals surface area contributed by atoms with E-state index in [0.717, 1.165) is 13.2 Å². The molecule has 116 valence electrons.